The molecule has 0 saturated heterocycles. The fraction of sp³-hybridized carbons (Fsp3) is 0.417. The summed E-state index contributed by atoms with van der Waals surface area (Å²) in [7, 11) is 0. The molecule has 0 aromatic heterocycles. The largest absolute Gasteiger partial charge is 0.408 e. The van der Waals surface area contributed by atoms with Crippen molar-refractivity contribution in [3.05, 3.63) is 59.7 Å². The Balaban J connectivity index is 2.45. The quantitative estimate of drug-likeness (QED) is 0.544. The molecule has 0 aliphatic rings. The summed E-state index contributed by atoms with van der Waals surface area (Å²) in [5.41, 5.74) is 7.58. The van der Waals surface area contributed by atoms with E-state index in [-0.39, 0.29) is 17.9 Å². The molecule has 0 aliphatic carbocycles. The van der Waals surface area contributed by atoms with E-state index in [2.05, 4.69) is 0 Å². The van der Waals surface area contributed by atoms with Crippen LogP contribution in [0, 0.1) is 17.2 Å². The number of hydrogen-bond acceptors (Lipinski definition) is 4. The number of alkyl halides is 3. The maximum atomic E-state index is 14.2. The van der Waals surface area contributed by atoms with Gasteiger partial charge in [0.05, 0.1) is 24.8 Å². The van der Waals surface area contributed by atoms with E-state index >= 15 is 0 Å². The number of hydrogen-bond donors (Lipinski definition) is 2. The van der Waals surface area contributed by atoms with Crippen molar-refractivity contribution in [3.63, 3.8) is 0 Å². The van der Waals surface area contributed by atoms with Gasteiger partial charge < -0.3 is 10.8 Å². The first-order valence-electron chi connectivity index (χ1n) is 10.3. The van der Waals surface area contributed by atoms with E-state index in [0.29, 0.717) is 5.56 Å². The number of nitriles is 1. The molecule has 0 heterocycles. The van der Waals surface area contributed by atoms with Gasteiger partial charge in [-0.15, -0.1) is 0 Å². The molecule has 0 aliphatic heterocycles. The lowest BCUT2D eigenvalue weighted by atomic mass is 9.95. The van der Waals surface area contributed by atoms with Crippen molar-refractivity contribution >= 4 is 5.91 Å². The van der Waals surface area contributed by atoms with Crippen LogP contribution in [0.4, 0.5) is 13.2 Å². The SMILES string of the molecule is CC(C)C[C@@H](C(N)=O)N(CC#N)[C@@H](c1ccc(-c2ccc(C(C)O)cc2)cc1)C(F)(F)F. The molecule has 5 nitrogen and oxygen atoms in total. The van der Waals surface area contributed by atoms with Crippen molar-refractivity contribution in [1.82, 2.24) is 4.90 Å². The van der Waals surface area contributed by atoms with Gasteiger partial charge >= 0.3 is 6.18 Å². The molecule has 1 unspecified atom stereocenters. The van der Waals surface area contributed by atoms with Gasteiger partial charge in [-0.1, -0.05) is 62.4 Å². The number of primary amides is 1. The Morgan fingerprint density at radius 2 is 1.50 bits per heavy atom. The van der Waals surface area contributed by atoms with Crippen molar-refractivity contribution < 1.29 is 23.1 Å². The number of aliphatic hydroxyl groups is 1. The molecule has 3 N–H and O–H groups in total. The minimum atomic E-state index is -4.72. The van der Waals surface area contributed by atoms with E-state index in [4.69, 9.17) is 5.73 Å². The summed E-state index contributed by atoms with van der Waals surface area (Å²) in [5, 5.41) is 18.8. The fourth-order valence-corrected chi connectivity index (χ4v) is 3.71. The molecule has 172 valence electrons. The topological polar surface area (TPSA) is 90.4 Å². The Labute approximate surface area is 186 Å². The number of carbonyl (C=O) groups excluding carboxylic acids is 1. The predicted octanol–water partition coefficient (Wildman–Crippen LogP) is 4.74. The van der Waals surface area contributed by atoms with E-state index in [9.17, 15) is 28.3 Å². The minimum absolute atomic E-state index is 0.0768. The van der Waals surface area contributed by atoms with Crippen LogP contribution in [0.3, 0.4) is 0 Å². The summed E-state index contributed by atoms with van der Waals surface area (Å²) in [6.45, 7) is 4.61. The molecule has 2 rings (SSSR count). The Kier molecular flexibility index (Phi) is 8.42. The molecule has 8 heteroatoms. The van der Waals surface area contributed by atoms with E-state index in [1.807, 2.05) is 0 Å². The maximum Gasteiger partial charge on any atom is 0.408 e. The number of carbonyl (C=O) groups is 1. The number of nitrogens with two attached hydrogens (primary N) is 1. The Bertz CT molecular complexity index is 933. The molecular formula is C24H28F3N3O2. The monoisotopic (exact) mass is 447 g/mol. The Morgan fingerprint density at radius 3 is 1.84 bits per heavy atom. The van der Waals surface area contributed by atoms with Crippen LogP contribution in [0.2, 0.25) is 0 Å². The standard InChI is InChI=1S/C24H28F3N3O2/c1-15(2)14-21(23(29)32)30(13-12-28)22(24(25,26)27)20-10-8-19(9-11-20)18-6-4-17(5-7-18)16(3)31/h4-11,15-16,21-22,31H,13-14H2,1-3H3,(H2,29,32)/t16?,21-,22-/m0/s1. The fourth-order valence-electron chi connectivity index (χ4n) is 3.71. The first-order valence-corrected chi connectivity index (χ1v) is 10.3. The summed E-state index contributed by atoms with van der Waals surface area (Å²) >= 11 is 0. The van der Waals surface area contributed by atoms with Crippen LogP contribution in [0.5, 0.6) is 0 Å². The van der Waals surface area contributed by atoms with Crippen molar-refractivity contribution in [2.75, 3.05) is 6.54 Å². The molecule has 1 amide bonds. The lowest BCUT2D eigenvalue weighted by Crippen LogP contribution is -2.51. The van der Waals surface area contributed by atoms with Crippen LogP contribution in [-0.4, -0.2) is 34.7 Å². The van der Waals surface area contributed by atoms with Gasteiger partial charge in [0.2, 0.25) is 5.91 Å². The van der Waals surface area contributed by atoms with Gasteiger partial charge in [-0.2, -0.15) is 18.4 Å². The zero-order valence-electron chi connectivity index (χ0n) is 18.3. The molecule has 2 aromatic rings. The highest BCUT2D eigenvalue weighted by Crippen LogP contribution is 2.40. The lowest BCUT2D eigenvalue weighted by molar-refractivity contribution is -0.192. The van der Waals surface area contributed by atoms with Crippen molar-refractivity contribution in [2.45, 2.75) is 51.6 Å². The third kappa shape index (κ3) is 6.31. The minimum Gasteiger partial charge on any atom is -0.389 e. The second kappa shape index (κ2) is 10.6. The lowest BCUT2D eigenvalue weighted by Gasteiger charge is -2.37. The second-order valence-electron chi connectivity index (χ2n) is 8.24. The van der Waals surface area contributed by atoms with E-state index in [1.165, 1.54) is 12.1 Å². The van der Waals surface area contributed by atoms with Gasteiger partial charge in [0.15, 0.2) is 0 Å². The zero-order chi connectivity index (χ0) is 24.1. The summed E-state index contributed by atoms with van der Waals surface area (Å²) < 4.78 is 42.5. The molecule has 2 aromatic carbocycles. The van der Waals surface area contributed by atoms with E-state index < -0.39 is 36.8 Å². The van der Waals surface area contributed by atoms with Crippen LogP contribution < -0.4 is 5.73 Å². The molecule has 32 heavy (non-hydrogen) atoms. The van der Waals surface area contributed by atoms with Crippen molar-refractivity contribution in [1.29, 1.82) is 5.26 Å². The summed E-state index contributed by atoms with van der Waals surface area (Å²) in [5.74, 6) is -0.979. The first-order chi connectivity index (χ1) is 15.0. The number of halogens is 3. The van der Waals surface area contributed by atoms with Gasteiger partial charge in [0.1, 0.15) is 6.04 Å². The molecule has 0 saturated carbocycles. The number of rotatable bonds is 9. The number of nitrogens with zero attached hydrogens (tertiary/aromatic N) is 2. The summed E-state index contributed by atoms with van der Waals surface area (Å²) in [6.07, 6.45) is -5.23. The van der Waals surface area contributed by atoms with Crippen molar-refractivity contribution in [3.8, 4) is 17.2 Å². The van der Waals surface area contributed by atoms with E-state index in [0.717, 1.165) is 16.0 Å². The second-order valence-corrected chi connectivity index (χ2v) is 8.24. The molecule has 3 atom stereocenters. The van der Waals surface area contributed by atoms with Crippen LogP contribution >= 0.6 is 0 Å². The first kappa shape index (κ1) is 25.4. The number of benzene rings is 2. The van der Waals surface area contributed by atoms with Crippen LogP contribution in [0.1, 0.15) is 50.5 Å². The summed E-state index contributed by atoms with van der Waals surface area (Å²) in [6, 6.07) is 11.3. The normalized spacial score (nSPS) is 14.8. The average molecular weight is 448 g/mol. The van der Waals surface area contributed by atoms with Gasteiger partial charge in [-0.05, 0) is 41.5 Å². The van der Waals surface area contributed by atoms with E-state index in [1.54, 1.807) is 63.2 Å². The highest BCUT2D eigenvalue weighted by atomic mass is 19.4. The predicted molar refractivity (Wildman–Crippen MR) is 116 cm³/mol. The Morgan fingerprint density at radius 1 is 1.03 bits per heavy atom. The highest BCUT2D eigenvalue weighted by molar-refractivity contribution is 5.80. The van der Waals surface area contributed by atoms with Gasteiger partial charge in [-0.25, -0.2) is 0 Å². The van der Waals surface area contributed by atoms with Gasteiger partial charge in [0, 0.05) is 0 Å². The maximum absolute atomic E-state index is 14.2. The number of amides is 1. The van der Waals surface area contributed by atoms with Crippen LogP contribution in [0.25, 0.3) is 11.1 Å². The average Bonchev–Trinajstić information content (AvgIpc) is 2.71. The van der Waals surface area contributed by atoms with Gasteiger partial charge in [0.25, 0.3) is 0 Å². The van der Waals surface area contributed by atoms with Gasteiger partial charge in [-0.3, -0.25) is 9.69 Å². The van der Waals surface area contributed by atoms with Crippen LogP contribution in [-0.2, 0) is 4.79 Å². The zero-order valence-corrected chi connectivity index (χ0v) is 18.3. The molecular weight excluding hydrogens is 419 g/mol. The summed E-state index contributed by atoms with van der Waals surface area (Å²) in [4.78, 5) is 12.9. The Hall–Kier alpha value is -2.89. The molecule has 0 bridgehead atoms. The third-order valence-electron chi connectivity index (χ3n) is 5.27. The van der Waals surface area contributed by atoms with Crippen molar-refractivity contribution in [2.24, 2.45) is 11.7 Å². The molecule has 0 spiro atoms. The highest BCUT2D eigenvalue weighted by Gasteiger charge is 2.47. The molecule has 0 radical (unpaired) electrons. The third-order valence-corrected chi connectivity index (χ3v) is 5.27. The van der Waals surface area contributed by atoms with Crippen LogP contribution in [0.15, 0.2) is 48.5 Å². The number of aliphatic hydroxyl groups excluding tert-OH is 1. The smallest absolute Gasteiger partial charge is 0.389 e. The molecule has 0 fully saturated rings.